The van der Waals surface area contributed by atoms with Crippen LogP contribution in [-0.4, -0.2) is 35.9 Å². The quantitative estimate of drug-likeness (QED) is 0.386. The van der Waals surface area contributed by atoms with Crippen LogP contribution in [0.15, 0.2) is 53.9 Å². The lowest BCUT2D eigenvalue weighted by Crippen LogP contribution is -2.26. The van der Waals surface area contributed by atoms with Crippen LogP contribution in [0, 0.1) is 0 Å². The number of amides is 3. The maximum absolute atomic E-state index is 12.4. The van der Waals surface area contributed by atoms with Gasteiger partial charge in [-0.15, -0.1) is 11.3 Å². The SMILES string of the molecule is CCOc1ccccc1C(=O)NCCCC(=O)Nc1nc(-c2ccc(NC(C)=O)cc2)cs1. The lowest BCUT2D eigenvalue weighted by molar-refractivity contribution is -0.116. The van der Waals surface area contributed by atoms with E-state index in [0.717, 1.165) is 11.3 Å². The Bertz CT molecular complexity index is 1110. The Labute approximate surface area is 196 Å². The van der Waals surface area contributed by atoms with Crippen molar-refractivity contribution >= 4 is 39.9 Å². The fourth-order valence-electron chi connectivity index (χ4n) is 3.05. The van der Waals surface area contributed by atoms with Gasteiger partial charge >= 0.3 is 0 Å². The number of anilines is 2. The van der Waals surface area contributed by atoms with Gasteiger partial charge in [-0.25, -0.2) is 4.98 Å². The van der Waals surface area contributed by atoms with Crippen LogP contribution in [-0.2, 0) is 9.59 Å². The van der Waals surface area contributed by atoms with Crippen LogP contribution in [0.5, 0.6) is 5.75 Å². The normalized spacial score (nSPS) is 10.4. The summed E-state index contributed by atoms with van der Waals surface area (Å²) in [6.45, 7) is 4.17. The van der Waals surface area contributed by atoms with Gasteiger partial charge in [-0.3, -0.25) is 14.4 Å². The second-order valence-electron chi connectivity index (χ2n) is 7.13. The Morgan fingerprint density at radius 1 is 1.03 bits per heavy atom. The van der Waals surface area contributed by atoms with E-state index in [9.17, 15) is 14.4 Å². The summed E-state index contributed by atoms with van der Waals surface area (Å²) >= 11 is 1.34. The number of benzene rings is 2. The second-order valence-corrected chi connectivity index (χ2v) is 7.99. The highest BCUT2D eigenvalue weighted by molar-refractivity contribution is 7.14. The molecule has 33 heavy (non-hydrogen) atoms. The number of hydrogen-bond donors (Lipinski definition) is 3. The maximum Gasteiger partial charge on any atom is 0.255 e. The zero-order chi connectivity index (χ0) is 23.6. The zero-order valence-electron chi connectivity index (χ0n) is 18.5. The van der Waals surface area contributed by atoms with E-state index < -0.39 is 0 Å². The average Bonchev–Trinajstić information content (AvgIpc) is 3.25. The molecule has 172 valence electrons. The second kappa shape index (κ2) is 11.8. The van der Waals surface area contributed by atoms with E-state index in [4.69, 9.17) is 4.74 Å². The molecule has 0 radical (unpaired) electrons. The largest absolute Gasteiger partial charge is 0.493 e. The first-order valence-electron chi connectivity index (χ1n) is 10.6. The molecule has 0 spiro atoms. The number of para-hydroxylation sites is 1. The molecule has 3 amide bonds. The van der Waals surface area contributed by atoms with E-state index in [-0.39, 0.29) is 24.1 Å². The molecule has 0 aliphatic heterocycles. The number of nitrogens with one attached hydrogen (secondary N) is 3. The molecule has 0 bridgehead atoms. The van der Waals surface area contributed by atoms with Gasteiger partial charge < -0.3 is 20.7 Å². The smallest absolute Gasteiger partial charge is 0.255 e. The summed E-state index contributed by atoms with van der Waals surface area (Å²) in [6, 6.07) is 14.4. The Morgan fingerprint density at radius 2 is 1.79 bits per heavy atom. The minimum absolute atomic E-state index is 0.128. The molecule has 2 aromatic carbocycles. The van der Waals surface area contributed by atoms with Gasteiger partial charge in [-0.2, -0.15) is 0 Å². The van der Waals surface area contributed by atoms with Gasteiger partial charge in [0.2, 0.25) is 11.8 Å². The predicted molar refractivity (Wildman–Crippen MR) is 130 cm³/mol. The van der Waals surface area contributed by atoms with Crippen molar-refractivity contribution in [1.29, 1.82) is 0 Å². The average molecular weight is 467 g/mol. The summed E-state index contributed by atoms with van der Waals surface area (Å²) in [5, 5.41) is 10.7. The highest BCUT2D eigenvalue weighted by Crippen LogP contribution is 2.26. The third kappa shape index (κ3) is 7.15. The van der Waals surface area contributed by atoms with Gasteiger partial charge in [-0.05, 0) is 37.6 Å². The van der Waals surface area contributed by atoms with Crippen LogP contribution < -0.4 is 20.7 Å². The molecule has 9 heteroatoms. The first-order valence-corrected chi connectivity index (χ1v) is 11.5. The number of hydrogen-bond acceptors (Lipinski definition) is 6. The van der Waals surface area contributed by atoms with Gasteiger partial charge in [-0.1, -0.05) is 24.3 Å². The molecular weight excluding hydrogens is 440 g/mol. The van der Waals surface area contributed by atoms with Crippen LogP contribution >= 0.6 is 11.3 Å². The van der Waals surface area contributed by atoms with Crippen molar-refractivity contribution in [3.8, 4) is 17.0 Å². The summed E-state index contributed by atoms with van der Waals surface area (Å²) in [5.41, 5.74) is 2.81. The first kappa shape index (κ1) is 23.9. The third-order valence-corrected chi connectivity index (χ3v) is 5.31. The summed E-state index contributed by atoms with van der Waals surface area (Å²) in [5.74, 6) is 0.0188. The van der Waals surface area contributed by atoms with Crippen molar-refractivity contribution in [3.63, 3.8) is 0 Å². The predicted octanol–water partition coefficient (Wildman–Crippen LogP) is 4.32. The number of rotatable bonds is 10. The molecule has 1 aromatic heterocycles. The van der Waals surface area contributed by atoms with E-state index in [1.54, 1.807) is 30.3 Å². The fraction of sp³-hybridized carbons (Fsp3) is 0.250. The van der Waals surface area contributed by atoms with Gasteiger partial charge in [0.15, 0.2) is 5.13 Å². The zero-order valence-corrected chi connectivity index (χ0v) is 19.3. The minimum Gasteiger partial charge on any atom is -0.493 e. The highest BCUT2D eigenvalue weighted by atomic mass is 32.1. The molecular formula is C24H26N4O4S. The van der Waals surface area contributed by atoms with Crippen LogP contribution in [0.2, 0.25) is 0 Å². The Kier molecular flexibility index (Phi) is 8.54. The molecule has 3 rings (SSSR count). The molecule has 8 nitrogen and oxygen atoms in total. The van der Waals surface area contributed by atoms with Gasteiger partial charge in [0.1, 0.15) is 5.75 Å². The highest BCUT2D eigenvalue weighted by Gasteiger charge is 2.12. The van der Waals surface area contributed by atoms with E-state index in [2.05, 4.69) is 20.9 Å². The van der Waals surface area contributed by atoms with Crippen LogP contribution in [0.1, 0.15) is 37.0 Å². The number of nitrogens with zero attached hydrogens (tertiary/aromatic N) is 1. The van der Waals surface area contributed by atoms with E-state index in [1.165, 1.54) is 18.3 Å². The maximum atomic E-state index is 12.4. The lowest BCUT2D eigenvalue weighted by atomic mass is 10.1. The number of aromatic nitrogens is 1. The Hall–Kier alpha value is -3.72. The van der Waals surface area contributed by atoms with Gasteiger partial charge in [0, 0.05) is 36.5 Å². The van der Waals surface area contributed by atoms with Gasteiger partial charge in [0.25, 0.3) is 5.91 Å². The van der Waals surface area contributed by atoms with Crippen molar-refractivity contribution in [2.24, 2.45) is 0 Å². The fourth-order valence-corrected chi connectivity index (χ4v) is 3.79. The summed E-state index contributed by atoms with van der Waals surface area (Å²) in [7, 11) is 0. The molecule has 0 aliphatic carbocycles. The van der Waals surface area contributed by atoms with E-state index >= 15 is 0 Å². The van der Waals surface area contributed by atoms with Gasteiger partial charge in [0.05, 0.1) is 17.9 Å². The van der Waals surface area contributed by atoms with E-state index in [0.29, 0.717) is 41.7 Å². The van der Waals surface area contributed by atoms with Crippen molar-refractivity contribution in [2.45, 2.75) is 26.7 Å². The Balaban J connectivity index is 1.44. The molecule has 0 atom stereocenters. The van der Waals surface area contributed by atoms with Crippen LogP contribution in [0.25, 0.3) is 11.3 Å². The summed E-state index contributed by atoms with van der Waals surface area (Å²) in [6.07, 6.45) is 0.755. The number of carbonyl (C=O) groups is 3. The molecule has 0 fully saturated rings. The number of thiazole rings is 1. The van der Waals surface area contributed by atoms with Crippen LogP contribution in [0.3, 0.4) is 0 Å². The third-order valence-electron chi connectivity index (χ3n) is 4.55. The minimum atomic E-state index is -0.228. The van der Waals surface area contributed by atoms with Crippen molar-refractivity contribution < 1.29 is 19.1 Å². The molecule has 3 N–H and O–H groups in total. The molecule has 0 saturated carbocycles. The molecule has 0 unspecified atom stereocenters. The summed E-state index contributed by atoms with van der Waals surface area (Å²) in [4.78, 5) is 40.2. The van der Waals surface area contributed by atoms with Crippen molar-refractivity contribution in [1.82, 2.24) is 10.3 Å². The van der Waals surface area contributed by atoms with Crippen molar-refractivity contribution in [2.75, 3.05) is 23.8 Å². The van der Waals surface area contributed by atoms with Crippen LogP contribution in [0.4, 0.5) is 10.8 Å². The standard InChI is InChI=1S/C24H26N4O4S/c1-3-32-21-8-5-4-7-19(21)23(31)25-14-6-9-22(30)28-24-27-20(15-33-24)17-10-12-18(13-11-17)26-16(2)29/h4-5,7-8,10-13,15H,3,6,9,14H2,1-2H3,(H,25,31)(H,26,29)(H,27,28,30). The van der Waals surface area contributed by atoms with Crippen molar-refractivity contribution in [3.05, 3.63) is 59.5 Å². The molecule has 1 heterocycles. The lowest BCUT2D eigenvalue weighted by Gasteiger charge is -2.10. The molecule has 0 saturated heterocycles. The molecule has 3 aromatic rings. The summed E-state index contributed by atoms with van der Waals surface area (Å²) < 4.78 is 5.48. The number of ether oxygens (including phenoxy) is 1. The Morgan fingerprint density at radius 3 is 2.52 bits per heavy atom. The topological polar surface area (TPSA) is 109 Å². The van der Waals surface area contributed by atoms with E-state index in [1.807, 2.05) is 30.5 Å². The number of carbonyl (C=O) groups excluding carboxylic acids is 3. The molecule has 0 aliphatic rings. The monoisotopic (exact) mass is 466 g/mol. The first-order chi connectivity index (χ1) is 16.0.